The van der Waals surface area contributed by atoms with Crippen molar-refractivity contribution in [3.05, 3.63) is 46.5 Å². The molecular formula is C18H20F4N4O. The first-order chi connectivity index (χ1) is 12.6. The van der Waals surface area contributed by atoms with Crippen molar-refractivity contribution < 1.29 is 22.4 Å². The molecule has 0 atom stereocenters. The van der Waals surface area contributed by atoms with Crippen molar-refractivity contribution in [2.75, 3.05) is 5.32 Å². The Bertz CT molecular complexity index is 871. The molecule has 9 heteroatoms. The highest BCUT2D eigenvalue weighted by Crippen LogP contribution is 2.33. The number of benzene rings is 1. The number of aryl methyl sites for hydroxylation is 2. The average molecular weight is 384 g/mol. The second-order valence-electron chi connectivity index (χ2n) is 6.75. The second-order valence-corrected chi connectivity index (χ2v) is 6.75. The van der Waals surface area contributed by atoms with Crippen LogP contribution in [0.2, 0.25) is 0 Å². The molecule has 1 aliphatic carbocycles. The van der Waals surface area contributed by atoms with Crippen LogP contribution in [0.25, 0.3) is 0 Å². The molecule has 0 spiro atoms. The first kappa shape index (κ1) is 19.2. The summed E-state index contributed by atoms with van der Waals surface area (Å²) in [4.78, 5) is 14.2. The van der Waals surface area contributed by atoms with E-state index in [1.807, 2.05) is 13.8 Å². The van der Waals surface area contributed by atoms with Crippen LogP contribution >= 0.6 is 0 Å². The Morgan fingerprint density at radius 2 is 2.00 bits per heavy atom. The van der Waals surface area contributed by atoms with Crippen molar-refractivity contribution in [1.82, 2.24) is 14.7 Å². The third-order valence-corrected chi connectivity index (χ3v) is 4.77. The molecule has 0 radical (unpaired) electrons. The van der Waals surface area contributed by atoms with E-state index in [-0.39, 0.29) is 12.6 Å². The Morgan fingerprint density at radius 1 is 1.33 bits per heavy atom. The second kappa shape index (κ2) is 6.86. The van der Waals surface area contributed by atoms with Crippen molar-refractivity contribution >= 4 is 11.7 Å². The molecule has 2 amide bonds. The highest BCUT2D eigenvalue weighted by Gasteiger charge is 2.35. The molecule has 1 heterocycles. The van der Waals surface area contributed by atoms with E-state index >= 15 is 0 Å². The fourth-order valence-corrected chi connectivity index (χ4v) is 2.95. The minimum atomic E-state index is -4.62. The molecule has 0 bridgehead atoms. The maximum atomic E-state index is 13.9. The number of urea groups is 1. The van der Waals surface area contributed by atoms with Crippen molar-refractivity contribution in [3.63, 3.8) is 0 Å². The molecule has 2 aromatic rings. The van der Waals surface area contributed by atoms with Crippen LogP contribution in [0, 0.1) is 19.7 Å². The van der Waals surface area contributed by atoms with Crippen LogP contribution in [0.4, 0.5) is 28.0 Å². The predicted molar refractivity (Wildman–Crippen MR) is 91.7 cm³/mol. The highest BCUT2D eigenvalue weighted by atomic mass is 19.4. The van der Waals surface area contributed by atoms with Gasteiger partial charge in [0.15, 0.2) is 0 Å². The van der Waals surface area contributed by atoms with Gasteiger partial charge in [0.05, 0.1) is 23.5 Å². The zero-order chi connectivity index (χ0) is 19.9. The summed E-state index contributed by atoms with van der Waals surface area (Å²) in [5.74, 6) is -0.916. The summed E-state index contributed by atoms with van der Waals surface area (Å²) in [5.41, 5.74) is 1.05. The molecule has 0 aliphatic heterocycles. The monoisotopic (exact) mass is 384 g/mol. The number of carbonyl (C=O) groups is 1. The molecule has 1 aromatic carbocycles. The smallest absolute Gasteiger partial charge is 0.317 e. The maximum Gasteiger partial charge on any atom is 0.416 e. The number of anilines is 1. The normalized spacial score (nSPS) is 14.3. The minimum Gasteiger partial charge on any atom is -0.317 e. The number of halogens is 4. The predicted octanol–water partition coefficient (Wildman–Crippen LogP) is 4.39. The lowest BCUT2D eigenvalue weighted by atomic mass is 10.1. The molecule has 1 saturated carbocycles. The molecule has 1 aromatic heterocycles. The summed E-state index contributed by atoms with van der Waals surface area (Å²) in [6.07, 6.45) is -3.01. The summed E-state index contributed by atoms with van der Waals surface area (Å²) >= 11 is 0. The van der Waals surface area contributed by atoms with Gasteiger partial charge in [-0.25, -0.2) is 9.18 Å². The van der Waals surface area contributed by atoms with E-state index in [1.165, 1.54) is 4.90 Å². The van der Waals surface area contributed by atoms with Crippen LogP contribution in [0.5, 0.6) is 0 Å². The molecular weight excluding hydrogens is 364 g/mol. The van der Waals surface area contributed by atoms with Crippen LogP contribution < -0.4 is 5.32 Å². The molecule has 0 unspecified atom stereocenters. The van der Waals surface area contributed by atoms with E-state index in [4.69, 9.17) is 0 Å². The van der Waals surface area contributed by atoms with Crippen molar-refractivity contribution in [2.45, 2.75) is 45.5 Å². The molecule has 3 rings (SSSR count). The lowest BCUT2D eigenvalue weighted by Crippen LogP contribution is -2.36. The third kappa shape index (κ3) is 4.06. The van der Waals surface area contributed by atoms with E-state index in [0.717, 1.165) is 29.8 Å². The number of aromatic nitrogens is 2. The average Bonchev–Trinajstić information content (AvgIpc) is 3.37. The lowest BCUT2D eigenvalue weighted by molar-refractivity contribution is -0.137. The SMILES string of the molecule is Cc1nn(C)c(C)c1CN(C(=O)Nc1cc(C(F)(F)F)ccc1F)C1CC1. The molecule has 0 saturated heterocycles. The van der Waals surface area contributed by atoms with Crippen molar-refractivity contribution in [1.29, 1.82) is 0 Å². The van der Waals surface area contributed by atoms with Crippen molar-refractivity contribution in [3.8, 4) is 0 Å². The van der Waals surface area contributed by atoms with Gasteiger partial charge in [-0.15, -0.1) is 0 Å². The number of nitrogens with zero attached hydrogens (tertiary/aromatic N) is 3. The number of carbonyl (C=O) groups excluding carboxylic acids is 1. The first-order valence-electron chi connectivity index (χ1n) is 8.51. The van der Waals surface area contributed by atoms with Crippen LogP contribution in [0.3, 0.4) is 0 Å². The Balaban J connectivity index is 1.83. The zero-order valence-corrected chi connectivity index (χ0v) is 15.2. The van der Waals surface area contributed by atoms with Gasteiger partial charge in [-0.3, -0.25) is 4.68 Å². The van der Waals surface area contributed by atoms with Crippen molar-refractivity contribution in [2.24, 2.45) is 7.05 Å². The zero-order valence-electron chi connectivity index (χ0n) is 15.2. The van der Waals surface area contributed by atoms with Crippen LogP contribution in [0.1, 0.15) is 35.4 Å². The summed E-state index contributed by atoms with van der Waals surface area (Å²) in [7, 11) is 1.80. The maximum absolute atomic E-state index is 13.9. The Hall–Kier alpha value is -2.58. The van der Waals surface area contributed by atoms with E-state index in [9.17, 15) is 22.4 Å². The minimum absolute atomic E-state index is 0.0159. The fourth-order valence-electron chi connectivity index (χ4n) is 2.95. The van der Waals surface area contributed by atoms with Gasteiger partial charge in [0.25, 0.3) is 0 Å². The summed E-state index contributed by atoms with van der Waals surface area (Å²) < 4.78 is 54.2. The van der Waals surface area contributed by atoms with Gasteiger partial charge in [-0.1, -0.05) is 0 Å². The van der Waals surface area contributed by atoms with Gasteiger partial charge in [-0.2, -0.15) is 18.3 Å². The number of rotatable bonds is 4. The quantitative estimate of drug-likeness (QED) is 0.795. The molecule has 1 N–H and O–H groups in total. The van der Waals surface area contributed by atoms with Gasteiger partial charge in [0.2, 0.25) is 0 Å². The van der Waals surface area contributed by atoms with Gasteiger partial charge in [0, 0.05) is 24.3 Å². The first-order valence-corrected chi connectivity index (χ1v) is 8.51. The molecule has 27 heavy (non-hydrogen) atoms. The van der Waals surface area contributed by atoms with Gasteiger partial charge >= 0.3 is 12.2 Å². The van der Waals surface area contributed by atoms with Gasteiger partial charge < -0.3 is 10.2 Å². The fraction of sp³-hybridized carbons (Fsp3) is 0.444. The Labute approximate surface area is 154 Å². The largest absolute Gasteiger partial charge is 0.416 e. The topological polar surface area (TPSA) is 50.2 Å². The number of amides is 2. The van der Waals surface area contributed by atoms with E-state index in [2.05, 4.69) is 10.4 Å². The number of nitrogens with one attached hydrogen (secondary N) is 1. The lowest BCUT2D eigenvalue weighted by Gasteiger charge is -2.23. The van der Waals surface area contributed by atoms with Crippen LogP contribution in [0.15, 0.2) is 18.2 Å². The van der Waals surface area contributed by atoms with E-state index in [0.29, 0.717) is 18.2 Å². The summed E-state index contributed by atoms with van der Waals surface area (Å²) in [6, 6.07) is 1.32. The molecule has 1 aliphatic rings. The molecule has 5 nitrogen and oxygen atoms in total. The van der Waals surface area contributed by atoms with Crippen LogP contribution in [-0.4, -0.2) is 26.8 Å². The van der Waals surface area contributed by atoms with Gasteiger partial charge in [0.1, 0.15) is 5.82 Å². The molecule has 146 valence electrons. The highest BCUT2D eigenvalue weighted by molar-refractivity contribution is 5.90. The van der Waals surface area contributed by atoms with E-state index < -0.39 is 29.3 Å². The van der Waals surface area contributed by atoms with Gasteiger partial charge in [-0.05, 0) is 44.9 Å². The molecule has 1 fully saturated rings. The Morgan fingerprint density at radius 3 is 2.52 bits per heavy atom. The van der Waals surface area contributed by atoms with E-state index in [1.54, 1.807) is 11.7 Å². The third-order valence-electron chi connectivity index (χ3n) is 4.77. The standard InChI is InChI=1S/C18H20F4N4O/c1-10-14(11(2)25(3)24-10)9-26(13-5-6-13)17(27)23-16-8-12(18(20,21)22)4-7-15(16)19/h4,7-8,13H,5-6,9H2,1-3H3,(H,23,27). The number of hydrogen-bond acceptors (Lipinski definition) is 2. The summed E-state index contributed by atoms with van der Waals surface area (Å²) in [6.45, 7) is 3.98. The Kier molecular flexibility index (Phi) is 4.88. The summed E-state index contributed by atoms with van der Waals surface area (Å²) in [5, 5.41) is 6.61. The number of hydrogen-bond donors (Lipinski definition) is 1. The number of alkyl halides is 3. The van der Waals surface area contributed by atoms with Crippen LogP contribution in [-0.2, 0) is 19.8 Å².